The third kappa shape index (κ3) is 2.10. The van der Waals surface area contributed by atoms with E-state index in [0.29, 0.717) is 11.3 Å². The van der Waals surface area contributed by atoms with Gasteiger partial charge >= 0.3 is 0 Å². The number of aromatic amines is 1. The van der Waals surface area contributed by atoms with Crippen LogP contribution in [0.1, 0.15) is 17.3 Å². The maximum atomic E-state index is 14.0. The van der Waals surface area contributed by atoms with Gasteiger partial charge in [-0.3, -0.25) is 5.84 Å². The first-order chi connectivity index (χ1) is 8.27. The molecule has 1 aromatic heterocycles. The largest absolute Gasteiger partial charge is 0.494 e. The minimum atomic E-state index is -0.580. The van der Waals surface area contributed by atoms with Crippen molar-refractivity contribution in [1.82, 2.24) is 20.8 Å². The van der Waals surface area contributed by atoms with Crippen LogP contribution in [-0.4, -0.2) is 22.5 Å². The summed E-state index contributed by atoms with van der Waals surface area (Å²) in [5, 5.41) is 9.99. The predicted octanol–water partition coefficient (Wildman–Crippen LogP) is 0.505. The Balaban J connectivity index is 2.44. The van der Waals surface area contributed by atoms with Gasteiger partial charge in [-0.15, -0.1) is 0 Å². The van der Waals surface area contributed by atoms with E-state index >= 15 is 0 Å². The summed E-state index contributed by atoms with van der Waals surface area (Å²) in [5.74, 6) is 5.10. The van der Waals surface area contributed by atoms with Gasteiger partial charge in [0.2, 0.25) is 0 Å². The van der Waals surface area contributed by atoms with Crippen molar-refractivity contribution in [1.29, 1.82) is 0 Å². The molecule has 1 heterocycles. The van der Waals surface area contributed by atoms with Gasteiger partial charge in [0.25, 0.3) is 0 Å². The number of hydrogen-bond acceptors (Lipinski definition) is 5. The van der Waals surface area contributed by atoms with Crippen molar-refractivity contribution in [2.24, 2.45) is 5.84 Å². The minimum absolute atomic E-state index is 0.159. The zero-order valence-electron chi connectivity index (χ0n) is 9.14. The zero-order valence-corrected chi connectivity index (χ0v) is 9.14. The second-order valence-corrected chi connectivity index (χ2v) is 3.36. The highest BCUT2D eigenvalue weighted by Gasteiger charge is 2.20. The van der Waals surface area contributed by atoms with Gasteiger partial charge < -0.3 is 4.74 Å². The van der Waals surface area contributed by atoms with Crippen LogP contribution < -0.4 is 16.0 Å². The Morgan fingerprint density at radius 2 is 2.35 bits per heavy atom. The molecule has 0 bridgehead atoms. The first-order valence-electron chi connectivity index (χ1n) is 4.92. The van der Waals surface area contributed by atoms with E-state index in [1.54, 1.807) is 12.1 Å². The number of ether oxygens (including phenoxy) is 1. The molecular formula is C10H12FN5O. The van der Waals surface area contributed by atoms with Crippen LogP contribution in [0.25, 0.3) is 0 Å². The normalized spacial score (nSPS) is 12.4. The van der Waals surface area contributed by atoms with Crippen LogP contribution in [0.4, 0.5) is 4.39 Å². The summed E-state index contributed by atoms with van der Waals surface area (Å²) in [6, 6.07) is 4.25. The Morgan fingerprint density at radius 1 is 1.53 bits per heavy atom. The van der Waals surface area contributed by atoms with Crippen LogP contribution in [-0.2, 0) is 0 Å². The van der Waals surface area contributed by atoms with Crippen molar-refractivity contribution in [3.8, 4) is 5.75 Å². The van der Waals surface area contributed by atoms with Crippen LogP contribution in [0.3, 0.4) is 0 Å². The smallest absolute Gasteiger partial charge is 0.170 e. The highest BCUT2D eigenvalue weighted by molar-refractivity contribution is 5.36. The van der Waals surface area contributed by atoms with E-state index in [-0.39, 0.29) is 5.75 Å². The van der Waals surface area contributed by atoms with E-state index in [0.717, 1.165) is 0 Å². The molecule has 6 nitrogen and oxygen atoms in total. The molecule has 0 amide bonds. The fourth-order valence-corrected chi connectivity index (χ4v) is 1.59. The number of nitrogens with zero attached hydrogens (tertiary/aromatic N) is 2. The van der Waals surface area contributed by atoms with Gasteiger partial charge in [-0.2, -0.15) is 15.4 Å². The molecule has 0 fully saturated rings. The maximum absolute atomic E-state index is 14.0. The van der Waals surface area contributed by atoms with Crippen LogP contribution in [0.15, 0.2) is 24.4 Å². The summed E-state index contributed by atoms with van der Waals surface area (Å²) in [6.07, 6.45) is 1.48. The molecule has 0 saturated heterocycles. The zero-order chi connectivity index (χ0) is 12.3. The van der Waals surface area contributed by atoms with Gasteiger partial charge in [0.15, 0.2) is 11.6 Å². The molecule has 1 aromatic carbocycles. The second kappa shape index (κ2) is 4.89. The SMILES string of the molecule is COc1cccc(C(NN)c2cn[nH]n2)c1F. The van der Waals surface area contributed by atoms with Crippen LogP contribution in [0, 0.1) is 5.82 Å². The fraction of sp³-hybridized carbons (Fsp3) is 0.200. The Morgan fingerprint density at radius 3 is 2.94 bits per heavy atom. The highest BCUT2D eigenvalue weighted by atomic mass is 19.1. The van der Waals surface area contributed by atoms with E-state index in [9.17, 15) is 4.39 Å². The van der Waals surface area contributed by atoms with Crippen molar-refractivity contribution in [2.45, 2.75) is 6.04 Å². The number of H-pyrrole nitrogens is 1. The van der Waals surface area contributed by atoms with Crippen LogP contribution in [0.5, 0.6) is 5.75 Å². The Hall–Kier alpha value is -1.99. The molecule has 1 unspecified atom stereocenters. The number of benzene rings is 1. The number of nitrogens with two attached hydrogens (primary N) is 1. The lowest BCUT2D eigenvalue weighted by atomic mass is 10.0. The molecule has 17 heavy (non-hydrogen) atoms. The van der Waals surface area contributed by atoms with Gasteiger partial charge in [0.05, 0.1) is 19.3 Å². The van der Waals surface area contributed by atoms with Gasteiger partial charge in [-0.1, -0.05) is 12.1 Å². The molecule has 0 aliphatic rings. The number of nitrogens with one attached hydrogen (secondary N) is 2. The Kier molecular flexibility index (Phi) is 3.31. The van der Waals surface area contributed by atoms with Crippen molar-refractivity contribution in [3.63, 3.8) is 0 Å². The number of halogens is 1. The number of methoxy groups -OCH3 is 1. The predicted molar refractivity (Wildman–Crippen MR) is 58.5 cm³/mol. The van der Waals surface area contributed by atoms with Crippen molar-refractivity contribution in [3.05, 3.63) is 41.5 Å². The fourth-order valence-electron chi connectivity index (χ4n) is 1.59. The first kappa shape index (κ1) is 11.5. The highest BCUT2D eigenvalue weighted by Crippen LogP contribution is 2.27. The lowest BCUT2D eigenvalue weighted by Crippen LogP contribution is -2.29. The van der Waals surface area contributed by atoms with E-state index in [1.165, 1.54) is 19.4 Å². The first-order valence-corrected chi connectivity index (χ1v) is 4.92. The molecule has 2 rings (SSSR count). The van der Waals surface area contributed by atoms with E-state index in [2.05, 4.69) is 20.8 Å². The average Bonchev–Trinajstić information content (AvgIpc) is 2.86. The second-order valence-electron chi connectivity index (χ2n) is 3.36. The average molecular weight is 237 g/mol. The standard InChI is InChI=1S/C10H12FN5O/c1-17-8-4-2-3-6(9(8)11)10(14-12)7-5-13-16-15-7/h2-5,10,14H,12H2,1H3,(H,13,15,16). The topological polar surface area (TPSA) is 88.9 Å². The molecule has 4 N–H and O–H groups in total. The van der Waals surface area contributed by atoms with E-state index in [4.69, 9.17) is 10.6 Å². The van der Waals surface area contributed by atoms with E-state index < -0.39 is 11.9 Å². The van der Waals surface area contributed by atoms with Crippen molar-refractivity contribution < 1.29 is 9.13 Å². The monoisotopic (exact) mass is 237 g/mol. The summed E-state index contributed by atoms with van der Waals surface area (Å²) < 4.78 is 18.9. The summed E-state index contributed by atoms with van der Waals surface area (Å²) in [5.41, 5.74) is 3.34. The Bertz CT molecular complexity index is 487. The maximum Gasteiger partial charge on any atom is 0.170 e. The minimum Gasteiger partial charge on any atom is -0.494 e. The van der Waals surface area contributed by atoms with Crippen LogP contribution in [0.2, 0.25) is 0 Å². The molecule has 0 spiro atoms. The molecule has 0 saturated carbocycles. The molecule has 0 aliphatic carbocycles. The lowest BCUT2D eigenvalue weighted by Gasteiger charge is -2.15. The quantitative estimate of drug-likeness (QED) is 0.532. The third-order valence-corrected chi connectivity index (χ3v) is 2.42. The summed E-state index contributed by atoms with van der Waals surface area (Å²) in [7, 11) is 1.41. The summed E-state index contributed by atoms with van der Waals surface area (Å²) in [6.45, 7) is 0. The molecule has 1 atom stereocenters. The molecule has 0 radical (unpaired) electrons. The van der Waals surface area contributed by atoms with Crippen LogP contribution >= 0.6 is 0 Å². The molecular weight excluding hydrogens is 225 g/mol. The number of hydrogen-bond donors (Lipinski definition) is 3. The number of rotatable bonds is 4. The van der Waals surface area contributed by atoms with E-state index in [1.807, 2.05) is 0 Å². The number of hydrazine groups is 1. The summed E-state index contributed by atoms with van der Waals surface area (Å²) in [4.78, 5) is 0. The van der Waals surface area contributed by atoms with Gasteiger partial charge in [0.1, 0.15) is 5.69 Å². The van der Waals surface area contributed by atoms with Crippen molar-refractivity contribution in [2.75, 3.05) is 7.11 Å². The van der Waals surface area contributed by atoms with Gasteiger partial charge in [0, 0.05) is 5.56 Å². The summed E-state index contributed by atoms with van der Waals surface area (Å²) >= 11 is 0. The molecule has 7 heteroatoms. The lowest BCUT2D eigenvalue weighted by molar-refractivity contribution is 0.381. The third-order valence-electron chi connectivity index (χ3n) is 2.42. The Labute approximate surface area is 96.9 Å². The molecule has 0 aliphatic heterocycles. The van der Waals surface area contributed by atoms with Gasteiger partial charge in [-0.05, 0) is 6.07 Å². The molecule has 2 aromatic rings. The van der Waals surface area contributed by atoms with Gasteiger partial charge in [-0.25, -0.2) is 9.82 Å². The van der Waals surface area contributed by atoms with Crippen molar-refractivity contribution >= 4 is 0 Å². The number of aromatic nitrogens is 3. The molecule has 90 valence electrons.